The van der Waals surface area contributed by atoms with Crippen LogP contribution >= 0.6 is 41.1 Å². The summed E-state index contributed by atoms with van der Waals surface area (Å²) in [7, 11) is -1.35. The molecule has 0 bridgehead atoms. The minimum absolute atomic E-state index is 0.462. The molecule has 0 unspecified atom stereocenters. The van der Waals surface area contributed by atoms with Crippen LogP contribution in [0.2, 0.25) is 0 Å². The number of benzene rings is 1. The first-order chi connectivity index (χ1) is 6.36. The zero-order valence-corrected chi connectivity index (χ0v) is 10.6. The van der Waals surface area contributed by atoms with Crippen LogP contribution in [0.3, 0.4) is 0 Å². The van der Waals surface area contributed by atoms with E-state index in [1.54, 1.807) is 0 Å². The van der Waals surface area contributed by atoms with E-state index in [0.717, 1.165) is 5.56 Å². The van der Waals surface area contributed by atoms with Crippen LogP contribution in [0.4, 0.5) is 0 Å². The van der Waals surface area contributed by atoms with Gasteiger partial charge >= 0.3 is 8.60 Å². The summed E-state index contributed by atoms with van der Waals surface area (Å²) in [6.07, 6.45) is 0. The number of hydrogen-bond acceptors (Lipinski definition) is 3. The number of hydrogen-bond donors (Lipinski definition) is 0. The van der Waals surface area contributed by atoms with Crippen molar-refractivity contribution in [2.24, 2.45) is 0 Å². The van der Waals surface area contributed by atoms with Gasteiger partial charge in [0.1, 0.15) is 32.5 Å². The quantitative estimate of drug-likeness (QED) is 0.762. The smallest absolute Gasteiger partial charge is 0.306 e. The molecule has 0 radical (unpaired) electrons. The molecule has 13 heavy (non-hydrogen) atoms. The Kier molecular flexibility index (Phi) is 6.11. The summed E-state index contributed by atoms with van der Waals surface area (Å²) in [5, 5.41) is 0. The van der Waals surface area contributed by atoms with Gasteiger partial charge in [-0.15, -0.1) is 0 Å². The van der Waals surface area contributed by atoms with Gasteiger partial charge in [0.15, 0.2) is 0 Å². The highest BCUT2D eigenvalue weighted by Gasteiger charge is 2.09. The molecule has 0 aliphatic heterocycles. The molecule has 0 fully saturated rings. The van der Waals surface area contributed by atoms with Gasteiger partial charge in [-0.1, -0.05) is 30.3 Å². The summed E-state index contributed by atoms with van der Waals surface area (Å²) in [6, 6.07) is 9.79. The maximum atomic E-state index is 5.25. The average Bonchev–Trinajstić information content (AvgIpc) is 2.21. The van der Waals surface area contributed by atoms with Crippen molar-refractivity contribution in [3.63, 3.8) is 0 Å². The van der Waals surface area contributed by atoms with E-state index in [4.69, 9.17) is 11.8 Å². The average molecular weight is 330 g/mol. The highest BCUT2D eigenvalue weighted by molar-refractivity contribution is 9.07. The lowest BCUT2D eigenvalue weighted by Gasteiger charge is -2.08. The molecule has 0 saturated heterocycles. The summed E-state index contributed by atoms with van der Waals surface area (Å²) in [4.78, 5) is 0. The van der Waals surface area contributed by atoms with Gasteiger partial charge in [-0.2, -0.15) is 0 Å². The molecule has 72 valence electrons. The van der Waals surface area contributed by atoms with E-state index in [9.17, 15) is 0 Å². The Hall–Kier alpha value is 0.490. The van der Waals surface area contributed by atoms with E-state index in [1.807, 2.05) is 30.3 Å². The minimum Gasteiger partial charge on any atom is -0.306 e. The van der Waals surface area contributed by atoms with Gasteiger partial charge in [0.2, 0.25) is 0 Å². The Morgan fingerprint density at radius 2 is 1.69 bits per heavy atom. The molecule has 6 heteroatoms. The number of halogens is 2. The van der Waals surface area contributed by atoms with Crippen LogP contribution in [0.1, 0.15) is 5.56 Å². The molecule has 0 aromatic heterocycles. The molecule has 0 aliphatic carbocycles. The van der Waals surface area contributed by atoms with Gasteiger partial charge in [0.05, 0.1) is 6.61 Å². The van der Waals surface area contributed by atoms with Crippen molar-refractivity contribution in [1.82, 2.24) is 0 Å². The van der Waals surface area contributed by atoms with Crippen LogP contribution in [0.5, 0.6) is 0 Å². The summed E-state index contributed by atoms with van der Waals surface area (Å²) >= 11 is 5.60. The van der Waals surface area contributed by atoms with E-state index in [0.29, 0.717) is 6.61 Å². The van der Waals surface area contributed by atoms with Crippen LogP contribution in [0.15, 0.2) is 30.3 Å². The van der Waals surface area contributed by atoms with E-state index in [-0.39, 0.29) is 0 Å². The van der Waals surface area contributed by atoms with Crippen molar-refractivity contribution in [3.05, 3.63) is 35.9 Å². The van der Waals surface area contributed by atoms with Crippen LogP contribution in [-0.2, 0) is 18.4 Å². The lowest BCUT2D eigenvalue weighted by Crippen LogP contribution is -1.87. The van der Waals surface area contributed by atoms with Gasteiger partial charge in [-0.05, 0) is 5.56 Å². The molecule has 0 aliphatic rings. The summed E-state index contributed by atoms with van der Waals surface area (Å²) in [5.74, 6) is 0. The largest absolute Gasteiger partial charge is 0.357 e. The molecule has 0 atom stereocenters. The molecule has 0 saturated carbocycles. The third kappa shape index (κ3) is 4.49. The van der Waals surface area contributed by atoms with Crippen LogP contribution in [-0.4, -0.2) is 0 Å². The third-order valence-electron chi connectivity index (χ3n) is 1.29. The normalized spacial score (nSPS) is 10.7. The molecule has 0 heterocycles. The van der Waals surface area contributed by atoms with Gasteiger partial charge in [0, 0.05) is 0 Å². The lowest BCUT2D eigenvalue weighted by atomic mass is 10.2. The predicted molar refractivity (Wildman–Crippen MR) is 58.2 cm³/mol. The van der Waals surface area contributed by atoms with Crippen molar-refractivity contribution in [3.8, 4) is 0 Å². The van der Waals surface area contributed by atoms with Crippen LogP contribution < -0.4 is 0 Å². The van der Waals surface area contributed by atoms with E-state index < -0.39 is 8.60 Å². The highest BCUT2D eigenvalue weighted by atomic mass is 79.9. The second-order valence-electron chi connectivity index (χ2n) is 2.12. The van der Waals surface area contributed by atoms with Crippen molar-refractivity contribution >= 4 is 41.1 Å². The fourth-order valence-corrected chi connectivity index (χ4v) is 2.44. The zero-order valence-electron chi connectivity index (χ0n) is 6.52. The van der Waals surface area contributed by atoms with Crippen molar-refractivity contribution in [1.29, 1.82) is 0 Å². The van der Waals surface area contributed by atoms with E-state index in [2.05, 4.69) is 32.5 Å². The highest BCUT2D eigenvalue weighted by Crippen LogP contribution is 2.44. The Labute approximate surface area is 95.3 Å². The first-order valence-corrected chi connectivity index (χ1v) is 5.80. The van der Waals surface area contributed by atoms with Gasteiger partial charge in [0.25, 0.3) is 0 Å². The summed E-state index contributed by atoms with van der Waals surface area (Å²) in [6.45, 7) is 0.462. The second-order valence-corrected chi connectivity index (χ2v) is 4.84. The Balaban J connectivity index is 2.34. The Morgan fingerprint density at radius 1 is 1.08 bits per heavy atom. The summed E-state index contributed by atoms with van der Waals surface area (Å²) < 4.78 is 14.7. The molecular formula is C7H7Br2O3P. The van der Waals surface area contributed by atoms with Crippen LogP contribution in [0.25, 0.3) is 0 Å². The van der Waals surface area contributed by atoms with Crippen molar-refractivity contribution in [2.75, 3.05) is 0 Å². The molecule has 1 rings (SSSR count). The van der Waals surface area contributed by atoms with Gasteiger partial charge in [-0.25, -0.2) is 7.23 Å². The second kappa shape index (κ2) is 6.87. The summed E-state index contributed by atoms with van der Waals surface area (Å²) in [5.41, 5.74) is 1.07. The fraction of sp³-hybridized carbons (Fsp3) is 0.143. The maximum absolute atomic E-state index is 5.25. The molecule has 1 aromatic rings. The molecule has 3 nitrogen and oxygen atoms in total. The van der Waals surface area contributed by atoms with Crippen molar-refractivity contribution in [2.45, 2.75) is 6.61 Å². The van der Waals surface area contributed by atoms with Gasteiger partial charge < -0.3 is 4.52 Å². The first-order valence-electron chi connectivity index (χ1n) is 3.41. The lowest BCUT2D eigenvalue weighted by molar-refractivity contribution is 0.278. The van der Waals surface area contributed by atoms with E-state index >= 15 is 0 Å². The zero-order chi connectivity index (χ0) is 9.52. The topological polar surface area (TPSA) is 27.7 Å². The maximum Gasteiger partial charge on any atom is 0.357 e. The van der Waals surface area contributed by atoms with Crippen LogP contribution in [0, 0.1) is 0 Å². The third-order valence-corrected chi connectivity index (χ3v) is 3.28. The Bertz CT molecular complexity index is 230. The first kappa shape index (κ1) is 11.6. The van der Waals surface area contributed by atoms with Gasteiger partial charge in [-0.3, -0.25) is 0 Å². The van der Waals surface area contributed by atoms with E-state index in [1.165, 1.54) is 0 Å². The monoisotopic (exact) mass is 328 g/mol. The van der Waals surface area contributed by atoms with Crippen molar-refractivity contribution < 1.29 is 11.8 Å². The molecule has 0 spiro atoms. The fourth-order valence-electron chi connectivity index (χ4n) is 0.752. The standard InChI is InChI=1S/C7H7Br2O3P/c8-11-13(12-9)10-6-7-4-2-1-3-5-7/h1-5H,6H2. The molecular weight excluding hydrogens is 323 g/mol. The SMILES string of the molecule is BrOP(OBr)OCc1ccccc1. The Morgan fingerprint density at radius 3 is 2.23 bits per heavy atom. The molecule has 0 N–H and O–H groups in total. The molecule has 1 aromatic carbocycles. The minimum atomic E-state index is -1.35. The number of rotatable bonds is 5. The molecule has 0 amide bonds. The predicted octanol–water partition coefficient (Wildman–Crippen LogP) is 4.08.